The van der Waals surface area contributed by atoms with Gasteiger partial charge in [0, 0.05) is 35.5 Å². The summed E-state index contributed by atoms with van der Waals surface area (Å²) in [5.74, 6) is 5.63. The Balaban J connectivity index is 0.938. The van der Waals surface area contributed by atoms with Crippen molar-refractivity contribution in [2.75, 3.05) is 0 Å². The molecule has 0 bridgehead atoms. The van der Waals surface area contributed by atoms with E-state index in [0.717, 1.165) is 18.4 Å². The van der Waals surface area contributed by atoms with E-state index in [4.69, 9.17) is 4.74 Å². The van der Waals surface area contributed by atoms with Crippen LogP contribution in [0.25, 0.3) is 94.0 Å². The number of fused-ring (bicyclic) bond motifs is 8. The molecule has 19 rings (SSSR count). The summed E-state index contributed by atoms with van der Waals surface area (Å²) >= 11 is 0. The molecule has 61 heavy (non-hydrogen) atoms. The molecule has 0 aliphatic heterocycles. The number of ether oxygens (including phenoxy) is 1. The molecule has 0 spiro atoms. The molecule has 10 aliphatic carbocycles. The van der Waals surface area contributed by atoms with E-state index < -0.39 is 0 Å². The van der Waals surface area contributed by atoms with Crippen molar-refractivity contribution < 1.29 is 9.53 Å². The number of rotatable bonds is 7. The average Bonchev–Trinajstić information content (AvgIpc) is 3.91. The lowest BCUT2D eigenvalue weighted by Gasteiger charge is -2.38. The molecule has 2 nitrogen and oxygen atoms in total. The standard InChI is InChI=1S/C59H36O2/c1-2-23-10-12-25(13-11-23)61-34(60)9-6-22-59(24-7-4-3-5-8-24)57-43-32-20-18-30-28-16-14-26-27-15-17-29-31-19-21-33-42-40(31)47-38(29)36(27)45-35(26)37(28)46-39(30)41(32)48-50(43)51(44(33)58(57)59)49(42)56-54(47)52(45)53(46)55(48)56/h2-5,7-8,10-21,26-28,30,35-37,39,57-58H,1,6,9,22H2. The lowest BCUT2D eigenvalue weighted by atomic mass is 9.66. The molecule has 0 aromatic heterocycles. The highest BCUT2D eigenvalue weighted by atomic mass is 16.5. The van der Waals surface area contributed by atoms with E-state index in [1.807, 2.05) is 41.5 Å². The van der Waals surface area contributed by atoms with Crippen molar-refractivity contribution >= 4 is 100.0 Å². The zero-order valence-corrected chi connectivity index (χ0v) is 33.3. The summed E-state index contributed by atoms with van der Waals surface area (Å²) in [6.45, 7) is 3.88. The zero-order valence-electron chi connectivity index (χ0n) is 33.3. The summed E-state index contributed by atoms with van der Waals surface area (Å²) < 4.78 is 5.94. The van der Waals surface area contributed by atoms with Gasteiger partial charge in [0.2, 0.25) is 0 Å². The Bertz CT molecular complexity index is 3970. The minimum Gasteiger partial charge on any atom is -0.427 e. The lowest BCUT2D eigenvalue weighted by molar-refractivity contribution is -0.134. The Kier molecular flexibility index (Phi) is 4.35. The number of hydrogen-bond donors (Lipinski definition) is 0. The Morgan fingerprint density at radius 1 is 0.590 bits per heavy atom. The fourth-order valence-electron chi connectivity index (χ4n) is 18.2. The minimum absolute atomic E-state index is 0.115. The normalized spacial score (nSPS) is 33.0. The van der Waals surface area contributed by atoms with Crippen molar-refractivity contribution in [3.05, 3.63) is 153 Å². The largest absolute Gasteiger partial charge is 0.427 e. The molecule has 9 aromatic carbocycles. The number of benzene rings is 5. The number of carbonyl (C=O) groups excluding carboxylic acids is 1. The van der Waals surface area contributed by atoms with E-state index in [0.29, 0.717) is 71.3 Å². The van der Waals surface area contributed by atoms with Crippen molar-refractivity contribution in [1.29, 1.82) is 0 Å². The highest BCUT2D eigenvalue weighted by Gasteiger charge is 2.70. The monoisotopic (exact) mass is 776 g/mol. The van der Waals surface area contributed by atoms with Crippen LogP contribution in [-0.4, -0.2) is 5.97 Å². The van der Waals surface area contributed by atoms with Gasteiger partial charge in [-0.2, -0.15) is 0 Å². The topological polar surface area (TPSA) is 26.3 Å². The maximum atomic E-state index is 13.6. The summed E-state index contributed by atoms with van der Waals surface area (Å²) in [6, 6.07) is 24.3. The SMILES string of the molecule is C=Cc1ccc(OC(=O)CCCC2(c3ccccc3)C3c4c5c6c7c4c4c(c8ccc9c%10c%11c%12c%13c%14c(c7c%13c4c8c9%12)=C4C6C(C=C5)C5C=CC6C(C=C%10)C%11C=%14C6C45)C32)cc1. The second kappa shape index (κ2) is 8.88. The van der Waals surface area contributed by atoms with Crippen molar-refractivity contribution in [1.82, 2.24) is 0 Å². The number of hydrogen-bond acceptors (Lipinski definition) is 2. The molecule has 3 saturated carbocycles. The number of esters is 1. The number of carbonyl (C=O) groups is 1. The molecule has 11 atom stereocenters. The van der Waals surface area contributed by atoms with Crippen molar-refractivity contribution in [2.45, 2.75) is 48.3 Å². The first-order valence-electron chi connectivity index (χ1n) is 23.1. The molecule has 0 heterocycles. The van der Waals surface area contributed by atoms with Gasteiger partial charge in [0.25, 0.3) is 0 Å². The predicted octanol–water partition coefficient (Wildman–Crippen LogP) is 11.8. The van der Waals surface area contributed by atoms with Crippen LogP contribution in [0.2, 0.25) is 0 Å². The molecular formula is C59H36O2. The van der Waals surface area contributed by atoms with Gasteiger partial charge in [-0.1, -0.05) is 104 Å². The fraction of sp³-hybridized carbons (Fsp3) is 0.237. The summed E-state index contributed by atoms with van der Waals surface area (Å²) in [5, 5.41) is 22.7. The van der Waals surface area contributed by atoms with Crippen LogP contribution in [0, 0.1) is 35.5 Å². The average molecular weight is 777 g/mol. The molecule has 10 aliphatic rings. The maximum Gasteiger partial charge on any atom is 0.311 e. The summed E-state index contributed by atoms with van der Waals surface area (Å²) in [7, 11) is 0. The van der Waals surface area contributed by atoms with E-state index in [2.05, 4.69) is 85.5 Å². The van der Waals surface area contributed by atoms with E-state index in [9.17, 15) is 4.79 Å². The zero-order chi connectivity index (χ0) is 38.8. The van der Waals surface area contributed by atoms with Crippen LogP contribution >= 0.6 is 0 Å². The molecule has 284 valence electrons. The van der Waals surface area contributed by atoms with Crippen molar-refractivity contribution in [3.8, 4) is 5.75 Å². The van der Waals surface area contributed by atoms with Gasteiger partial charge in [-0.05, 0) is 191 Å². The third kappa shape index (κ3) is 2.66. The Morgan fingerprint density at radius 2 is 1.20 bits per heavy atom. The maximum absolute atomic E-state index is 13.6. The smallest absolute Gasteiger partial charge is 0.311 e. The van der Waals surface area contributed by atoms with Crippen LogP contribution in [0.1, 0.15) is 87.4 Å². The van der Waals surface area contributed by atoms with Gasteiger partial charge in [0.1, 0.15) is 5.75 Å². The van der Waals surface area contributed by atoms with Crippen LogP contribution in [0.4, 0.5) is 0 Å². The van der Waals surface area contributed by atoms with Gasteiger partial charge in [0.05, 0.1) is 0 Å². The quantitative estimate of drug-likeness (QED) is 0.0697. The third-order valence-electron chi connectivity index (χ3n) is 19.6. The van der Waals surface area contributed by atoms with Crippen molar-refractivity contribution in [2.24, 2.45) is 35.5 Å². The van der Waals surface area contributed by atoms with Crippen LogP contribution < -0.4 is 15.2 Å². The van der Waals surface area contributed by atoms with Crippen LogP contribution in [0.15, 0.2) is 97.6 Å². The van der Waals surface area contributed by atoms with Gasteiger partial charge in [0.15, 0.2) is 0 Å². The van der Waals surface area contributed by atoms with Crippen LogP contribution in [-0.2, 0) is 10.2 Å². The van der Waals surface area contributed by atoms with Crippen LogP contribution in [0.3, 0.4) is 0 Å². The van der Waals surface area contributed by atoms with Crippen molar-refractivity contribution in [3.63, 3.8) is 0 Å². The molecule has 0 saturated heterocycles. The van der Waals surface area contributed by atoms with Gasteiger partial charge in [-0.15, -0.1) is 0 Å². The molecule has 0 N–H and O–H groups in total. The third-order valence-corrected chi connectivity index (χ3v) is 19.6. The van der Waals surface area contributed by atoms with Gasteiger partial charge in [-0.25, -0.2) is 0 Å². The van der Waals surface area contributed by atoms with Crippen LogP contribution in [0.5, 0.6) is 5.75 Å². The molecule has 9 aromatic rings. The second-order valence-electron chi connectivity index (χ2n) is 20.9. The molecule has 0 radical (unpaired) electrons. The van der Waals surface area contributed by atoms with E-state index in [1.54, 1.807) is 92.1 Å². The van der Waals surface area contributed by atoms with E-state index in [-0.39, 0.29) is 11.4 Å². The minimum atomic E-state index is -0.147. The molecule has 0 amide bonds. The molecule has 3 fully saturated rings. The fourth-order valence-corrected chi connectivity index (χ4v) is 18.2. The van der Waals surface area contributed by atoms with E-state index in [1.165, 1.54) is 21.9 Å². The van der Waals surface area contributed by atoms with Gasteiger partial charge in [-0.3, -0.25) is 4.79 Å². The highest BCUT2D eigenvalue weighted by Crippen LogP contribution is 2.81. The first kappa shape index (κ1) is 29.9. The van der Waals surface area contributed by atoms with Gasteiger partial charge < -0.3 is 4.74 Å². The first-order chi connectivity index (χ1) is 30.2. The Hall–Kier alpha value is -6.25. The predicted molar refractivity (Wildman–Crippen MR) is 246 cm³/mol. The summed E-state index contributed by atoms with van der Waals surface area (Å²) in [5.41, 5.74) is 15.8. The summed E-state index contributed by atoms with van der Waals surface area (Å²) in [4.78, 5) is 13.6. The Morgan fingerprint density at radius 3 is 1.93 bits per heavy atom. The summed E-state index contributed by atoms with van der Waals surface area (Å²) in [6.07, 6.45) is 20.0. The first-order valence-corrected chi connectivity index (χ1v) is 23.1. The molecule has 2 heteroatoms. The Labute approximate surface area is 350 Å². The lowest BCUT2D eigenvalue weighted by Crippen LogP contribution is -2.42. The molecule has 11 unspecified atom stereocenters. The molecular weight excluding hydrogens is 741 g/mol. The second-order valence-corrected chi connectivity index (χ2v) is 20.9. The van der Waals surface area contributed by atoms with Gasteiger partial charge >= 0.3 is 5.97 Å². The van der Waals surface area contributed by atoms with E-state index >= 15 is 0 Å². The highest BCUT2D eigenvalue weighted by molar-refractivity contribution is 6.50. The number of allylic oxidation sites excluding steroid dienone is 4.